The quantitative estimate of drug-likeness (QED) is 0.798. The molecule has 1 fully saturated rings. The smallest absolute Gasteiger partial charge is 0.241 e. The molecule has 1 aromatic heterocycles. The zero-order valence-corrected chi connectivity index (χ0v) is 16.6. The predicted molar refractivity (Wildman–Crippen MR) is 109 cm³/mol. The van der Waals surface area contributed by atoms with Crippen LogP contribution in [-0.2, 0) is 11.2 Å². The minimum atomic E-state index is -0.830. The normalized spacial score (nSPS) is 16.8. The number of nitrogens with two attached hydrogens (primary N) is 1. The van der Waals surface area contributed by atoms with Crippen molar-refractivity contribution in [2.75, 3.05) is 19.1 Å². The van der Waals surface area contributed by atoms with Crippen molar-refractivity contribution < 1.29 is 4.79 Å². The molecular formula is C21H28N6O. The molecule has 7 heteroatoms. The molecule has 0 radical (unpaired) electrons. The van der Waals surface area contributed by atoms with E-state index in [0.29, 0.717) is 19.3 Å². The fraction of sp³-hybridized carbons (Fsp3) is 0.476. The van der Waals surface area contributed by atoms with Gasteiger partial charge in [0, 0.05) is 26.1 Å². The minimum Gasteiger partial charge on any atom is -0.338 e. The van der Waals surface area contributed by atoms with E-state index in [0.717, 1.165) is 36.0 Å². The summed E-state index contributed by atoms with van der Waals surface area (Å²) in [4.78, 5) is 14.3. The van der Waals surface area contributed by atoms with Crippen LogP contribution in [0.15, 0.2) is 36.7 Å². The van der Waals surface area contributed by atoms with E-state index in [1.165, 1.54) is 0 Å². The highest BCUT2D eigenvalue weighted by atomic mass is 16.2. The van der Waals surface area contributed by atoms with E-state index in [1.54, 1.807) is 4.79 Å². The summed E-state index contributed by atoms with van der Waals surface area (Å²) >= 11 is 0. The number of carbonyl (C=O) groups excluding carboxylic acids is 1. The fourth-order valence-electron chi connectivity index (χ4n) is 3.59. The monoisotopic (exact) mass is 380 g/mol. The summed E-state index contributed by atoms with van der Waals surface area (Å²) in [5.41, 5.74) is 8.51. The number of nitrogens with one attached hydrogen (secondary N) is 1. The van der Waals surface area contributed by atoms with E-state index >= 15 is 0 Å². The number of nitrogens with zero attached hydrogens (tertiary/aromatic N) is 4. The van der Waals surface area contributed by atoms with Crippen LogP contribution in [0.25, 0.3) is 11.1 Å². The Morgan fingerprint density at radius 1 is 1.29 bits per heavy atom. The molecule has 3 N–H and O–H groups in total. The summed E-state index contributed by atoms with van der Waals surface area (Å²) in [5, 5.41) is 18.5. The van der Waals surface area contributed by atoms with Crippen molar-refractivity contribution in [3.05, 3.63) is 42.2 Å². The molecule has 0 bridgehead atoms. The summed E-state index contributed by atoms with van der Waals surface area (Å²) < 4.78 is 0. The van der Waals surface area contributed by atoms with Crippen LogP contribution in [0.1, 0.15) is 37.7 Å². The maximum absolute atomic E-state index is 12.6. The van der Waals surface area contributed by atoms with Gasteiger partial charge in [-0.15, -0.1) is 0 Å². The molecule has 148 valence electrons. The molecule has 7 nitrogen and oxygen atoms in total. The van der Waals surface area contributed by atoms with Gasteiger partial charge >= 0.3 is 0 Å². The summed E-state index contributed by atoms with van der Waals surface area (Å²) in [6.45, 7) is 0. The Morgan fingerprint density at radius 2 is 1.96 bits per heavy atom. The Balaban J connectivity index is 1.63. The van der Waals surface area contributed by atoms with Gasteiger partial charge in [-0.25, -0.2) is 0 Å². The SMILES string of the molecule is CN(C)n1cc(-c2ccc(C[C@@H](C#N)NC(=O)C3(N)CCCCC3)cc2)cn1. The molecule has 1 aliphatic rings. The zero-order valence-electron chi connectivity index (χ0n) is 16.6. The summed E-state index contributed by atoms with van der Waals surface area (Å²) in [6, 6.07) is 9.59. The van der Waals surface area contributed by atoms with Gasteiger partial charge in [-0.1, -0.05) is 43.5 Å². The third-order valence-electron chi connectivity index (χ3n) is 5.37. The first-order chi connectivity index (χ1) is 13.4. The van der Waals surface area contributed by atoms with Gasteiger partial charge < -0.3 is 16.1 Å². The maximum Gasteiger partial charge on any atom is 0.241 e. The Labute approximate surface area is 166 Å². The molecule has 28 heavy (non-hydrogen) atoms. The number of nitriles is 1. The Morgan fingerprint density at radius 3 is 2.54 bits per heavy atom. The first-order valence-corrected chi connectivity index (χ1v) is 9.72. The number of aromatic nitrogens is 2. The summed E-state index contributed by atoms with van der Waals surface area (Å²) in [6.07, 6.45) is 8.65. The second-order valence-corrected chi connectivity index (χ2v) is 7.77. The standard InChI is InChI=1S/C21H28N6O/c1-26(2)27-15-18(14-24-27)17-8-6-16(7-9-17)12-19(13-22)25-20(28)21(23)10-4-3-5-11-21/h6-9,14-15,19H,3-5,10-12,23H2,1-2H3,(H,25,28)/t19-/m0/s1. The number of hydrogen-bond acceptors (Lipinski definition) is 5. The van der Waals surface area contributed by atoms with Crippen LogP contribution in [-0.4, -0.2) is 41.5 Å². The lowest BCUT2D eigenvalue weighted by atomic mass is 9.81. The van der Waals surface area contributed by atoms with E-state index in [1.807, 2.05) is 55.8 Å². The lowest BCUT2D eigenvalue weighted by molar-refractivity contribution is -0.127. The van der Waals surface area contributed by atoms with Gasteiger partial charge in [0.25, 0.3) is 0 Å². The van der Waals surface area contributed by atoms with Crippen LogP contribution in [0.3, 0.4) is 0 Å². The van der Waals surface area contributed by atoms with Gasteiger partial charge in [0.05, 0.1) is 24.0 Å². The average molecular weight is 380 g/mol. The topological polar surface area (TPSA) is 100.0 Å². The molecule has 0 aliphatic heterocycles. The zero-order chi connectivity index (χ0) is 20.1. The van der Waals surface area contributed by atoms with E-state index < -0.39 is 11.6 Å². The third kappa shape index (κ3) is 4.52. The Kier molecular flexibility index (Phi) is 6.00. The molecule has 1 amide bonds. The molecule has 1 aromatic carbocycles. The highest BCUT2D eigenvalue weighted by molar-refractivity contribution is 5.86. The van der Waals surface area contributed by atoms with Crippen LogP contribution >= 0.6 is 0 Å². The molecule has 1 atom stereocenters. The number of hydrogen-bond donors (Lipinski definition) is 2. The predicted octanol–water partition coefficient (Wildman–Crippen LogP) is 1.96. The van der Waals surface area contributed by atoms with Crippen LogP contribution in [0.4, 0.5) is 0 Å². The highest BCUT2D eigenvalue weighted by Gasteiger charge is 2.36. The van der Waals surface area contributed by atoms with Crippen molar-refractivity contribution in [1.29, 1.82) is 5.26 Å². The molecular weight excluding hydrogens is 352 g/mol. The summed E-state index contributed by atoms with van der Waals surface area (Å²) in [7, 11) is 3.85. The fourth-order valence-corrected chi connectivity index (χ4v) is 3.59. The molecule has 1 aliphatic carbocycles. The van der Waals surface area contributed by atoms with Crippen LogP contribution in [0.5, 0.6) is 0 Å². The molecule has 0 spiro atoms. The number of benzene rings is 1. The van der Waals surface area contributed by atoms with Crippen molar-refractivity contribution >= 4 is 5.91 Å². The average Bonchev–Trinajstić information content (AvgIpc) is 3.19. The second kappa shape index (κ2) is 8.44. The number of rotatable bonds is 6. The van der Waals surface area contributed by atoms with E-state index in [4.69, 9.17) is 5.73 Å². The molecule has 1 saturated carbocycles. The van der Waals surface area contributed by atoms with Crippen molar-refractivity contribution in [2.45, 2.75) is 50.1 Å². The van der Waals surface area contributed by atoms with Gasteiger partial charge in [-0.05, 0) is 24.0 Å². The van der Waals surface area contributed by atoms with Gasteiger partial charge in [-0.2, -0.15) is 15.2 Å². The van der Waals surface area contributed by atoms with E-state index in [2.05, 4.69) is 16.5 Å². The van der Waals surface area contributed by atoms with Crippen LogP contribution < -0.4 is 16.1 Å². The van der Waals surface area contributed by atoms with E-state index in [-0.39, 0.29) is 5.91 Å². The van der Waals surface area contributed by atoms with Crippen molar-refractivity contribution in [2.24, 2.45) is 5.73 Å². The molecule has 2 aromatic rings. The van der Waals surface area contributed by atoms with Crippen molar-refractivity contribution in [3.63, 3.8) is 0 Å². The lowest BCUT2D eigenvalue weighted by Gasteiger charge is -2.32. The highest BCUT2D eigenvalue weighted by Crippen LogP contribution is 2.26. The molecule has 0 unspecified atom stereocenters. The second-order valence-electron chi connectivity index (χ2n) is 7.77. The minimum absolute atomic E-state index is 0.202. The van der Waals surface area contributed by atoms with Crippen molar-refractivity contribution in [1.82, 2.24) is 15.2 Å². The number of carbonyl (C=O) groups is 1. The third-order valence-corrected chi connectivity index (χ3v) is 5.37. The summed E-state index contributed by atoms with van der Waals surface area (Å²) in [5.74, 6) is -0.202. The Hall–Kier alpha value is -2.85. The van der Waals surface area contributed by atoms with Gasteiger partial charge in [0.2, 0.25) is 5.91 Å². The van der Waals surface area contributed by atoms with E-state index in [9.17, 15) is 10.1 Å². The molecule has 1 heterocycles. The van der Waals surface area contributed by atoms with Crippen LogP contribution in [0.2, 0.25) is 0 Å². The number of amides is 1. The largest absolute Gasteiger partial charge is 0.338 e. The van der Waals surface area contributed by atoms with Gasteiger partial charge in [0.1, 0.15) is 6.04 Å². The van der Waals surface area contributed by atoms with Gasteiger partial charge in [0.15, 0.2) is 0 Å². The van der Waals surface area contributed by atoms with Crippen molar-refractivity contribution in [3.8, 4) is 17.2 Å². The first-order valence-electron chi connectivity index (χ1n) is 9.72. The molecule has 0 saturated heterocycles. The molecule has 3 rings (SSSR count). The maximum atomic E-state index is 12.6. The first kappa shape index (κ1) is 19.9. The Bertz CT molecular complexity index is 843. The lowest BCUT2D eigenvalue weighted by Crippen LogP contribution is -2.57. The van der Waals surface area contributed by atoms with Gasteiger partial charge in [-0.3, -0.25) is 4.79 Å². The van der Waals surface area contributed by atoms with Crippen LogP contribution in [0, 0.1) is 11.3 Å².